The smallest absolute Gasteiger partial charge is 0.462 e. The van der Waals surface area contributed by atoms with Gasteiger partial charge in [-0.15, -0.1) is 0 Å². The Morgan fingerprint density at radius 3 is 1.78 bits per heavy atom. The summed E-state index contributed by atoms with van der Waals surface area (Å²) >= 11 is 0. The summed E-state index contributed by atoms with van der Waals surface area (Å²) in [7, 11) is 0. The van der Waals surface area contributed by atoms with Crippen LogP contribution in [-0.4, -0.2) is 56.2 Å². The number of esters is 2. The summed E-state index contributed by atoms with van der Waals surface area (Å²) < 4.78 is 31.3. The molecular weight excluding hydrogens is 534 g/mol. The normalized spacial score (nSPS) is 13.4. The summed E-state index contributed by atoms with van der Waals surface area (Å²) in [6.07, 6.45) is -1.30. The molecule has 3 atom stereocenters. The van der Waals surface area contributed by atoms with Gasteiger partial charge in [-0.1, -0.05) is 54.5 Å². The second kappa shape index (κ2) is 18.2. The highest BCUT2D eigenvalue weighted by atomic mass is 16.7. The van der Waals surface area contributed by atoms with Crippen molar-refractivity contribution in [2.75, 3.05) is 19.8 Å². The number of benzene rings is 1. The molecule has 0 heterocycles. The van der Waals surface area contributed by atoms with Crippen molar-refractivity contribution in [1.29, 1.82) is 0 Å². The van der Waals surface area contributed by atoms with E-state index in [1.165, 1.54) is 12.1 Å². The van der Waals surface area contributed by atoms with Crippen molar-refractivity contribution in [3.63, 3.8) is 0 Å². The average Bonchev–Trinajstić information content (AvgIpc) is 2.87. The molecule has 1 rings (SSSR count). The van der Waals surface area contributed by atoms with Crippen molar-refractivity contribution in [1.82, 2.24) is 0 Å². The largest absolute Gasteiger partial charge is 0.513 e. The Labute approximate surface area is 243 Å². The molecule has 2 N–H and O–H groups in total. The van der Waals surface area contributed by atoms with Crippen LogP contribution in [-0.2, 0) is 35.0 Å². The van der Waals surface area contributed by atoms with E-state index in [1.807, 2.05) is 41.5 Å². The van der Waals surface area contributed by atoms with Gasteiger partial charge in [0.25, 0.3) is 0 Å². The van der Waals surface area contributed by atoms with Crippen molar-refractivity contribution >= 4 is 24.2 Å². The second-order valence-corrected chi connectivity index (χ2v) is 11.3. The number of nitrogens with two attached hydrogens (primary N) is 1. The summed E-state index contributed by atoms with van der Waals surface area (Å²) in [6.45, 7) is 15.4. The minimum Gasteiger partial charge on any atom is -0.462 e. The standard InChI is InChI=1S/C30H47NO10/c1-18(2)11-13-36-29(34)40-25-10-9-23(16-26(25)41-30(35)37-14-12-19(3)4)15-24(31)28(33)39-21(7)17-38-27(32)22(8)20(5)6/h9-10,16,18-22,24H,11-15,17,31H2,1-8H3/t21-,22?,24-/m0/s1. The molecule has 0 aliphatic rings. The molecule has 0 aromatic heterocycles. The first kappa shape index (κ1) is 35.7. The van der Waals surface area contributed by atoms with Crippen LogP contribution in [0.15, 0.2) is 18.2 Å². The third kappa shape index (κ3) is 14.7. The Morgan fingerprint density at radius 2 is 1.27 bits per heavy atom. The lowest BCUT2D eigenvalue weighted by molar-refractivity contribution is -0.161. The molecule has 1 aromatic carbocycles. The topological polar surface area (TPSA) is 150 Å². The molecule has 0 fully saturated rings. The minimum atomic E-state index is -1.07. The van der Waals surface area contributed by atoms with Gasteiger partial charge < -0.3 is 34.2 Å². The minimum absolute atomic E-state index is 0.0214. The predicted octanol–water partition coefficient (Wildman–Crippen LogP) is 5.45. The average molecular weight is 582 g/mol. The van der Waals surface area contributed by atoms with E-state index in [2.05, 4.69) is 0 Å². The second-order valence-electron chi connectivity index (χ2n) is 11.3. The maximum absolute atomic E-state index is 12.6. The van der Waals surface area contributed by atoms with Gasteiger partial charge in [0.05, 0.1) is 19.1 Å². The van der Waals surface area contributed by atoms with E-state index in [0.717, 1.165) is 0 Å². The van der Waals surface area contributed by atoms with E-state index >= 15 is 0 Å². The predicted molar refractivity (Wildman–Crippen MR) is 151 cm³/mol. The molecule has 0 amide bonds. The van der Waals surface area contributed by atoms with Gasteiger partial charge in [0.1, 0.15) is 18.8 Å². The highest BCUT2D eigenvalue weighted by Gasteiger charge is 2.23. The molecule has 11 nitrogen and oxygen atoms in total. The molecule has 0 aliphatic heterocycles. The van der Waals surface area contributed by atoms with E-state index in [0.29, 0.717) is 30.2 Å². The van der Waals surface area contributed by atoms with Crippen LogP contribution in [0.3, 0.4) is 0 Å². The van der Waals surface area contributed by atoms with Gasteiger partial charge in [-0.3, -0.25) is 9.59 Å². The first-order valence-electron chi connectivity index (χ1n) is 14.1. The zero-order chi connectivity index (χ0) is 31.1. The van der Waals surface area contributed by atoms with Gasteiger partial charge in [0, 0.05) is 0 Å². The summed E-state index contributed by atoms with van der Waals surface area (Å²) in [6, 6.07) is 3.33. The fourth-order valence-corrected chi connectivity index (χ4v) is 3.10. The zero-order valence-electron chi connectivity index (χ0n) is 25.6. The van der Waals surface area contributed by atoms with E-state index in [9.17, 15) is 19.2 Å². The molecule has 1 aromatic rings. The summed E-state index contributed by atoms with van der Waals surface area (Å²) in [4.78, 5) is 49.1. The van der Waals surface area contributed by atoms with Gasteiger partial charge in [-0.05, 0) is 61.6 Å². The van der Waals surface area contributed by atoms with Crippen LogP contribution < -0.4 is 15.2 Å². The maximum atomic E-state index is 12.6. The fraction of sp³-hybridized carbons (Fsp3) is 0.667. The zero-order valence-corrected chi connectivity index (χ0v) is 25.6. The highest BCUT2D eigenvalue weighted by molar-refractivity contribution is 5.76. The van der Waals surface area contributed by atoms with E-state index in [4.69, 9.17) is 34.2 Å². The first-order chi connectivity index (χ1) is 19.2. The molecule has 0 aliphatic carbocycles. The Kier molecular flexibility index (Phi) is 15.8. The third-order valence-corrected chi connectivity index (χ3v) is 6.13. The molecule has 0 bridgehead atoms. The van der Waals surface area contributed by atoms with Crippen LogP contribution >= 0.6 is 0 Å². The number of rotatable bonds is 16. The van der Waals surface area contributed by atoms with E-state index in [1.54, 1.807) is 19.9 Å². The van der Waals surface area contributed by atoms with Crippen LogP contribution in [0, 0.1) is 23.7 Å². The van der Waals surface area contributed by atoms with Gasteiger partial charge in [-0.2, -0.15) is 0 Å². The SMILES string of the molecule is CC(C)CCOC(=O)Oc1ccc(C[C@H](N)C(=O)O[C@@H](C)COC(=O)C(C)C(C)C)cc1OC(=O)OCCC(C)C. The van der Waals surface area contributed by atoms with Crippen LogP contribution in [0.4, 0.5) is 9.59 Å². The van der Waals surface area contributed by atoms with Gasteiger partial charge >= 0.3 is 24.2 Å². The summed E-state index contributed by atoms with van der Waals surface area (Å²) in [5.41, 5.74) is 6.57. The highest BCUT2D eigenvalue weighted by Crippen LogP contribution is 2.30. The lowest BCUT2D eigenvalue weighted by Crippen LogP contribution is -2.37. The summed E-state index contributed by atoms with van der Waals surface area (Å²) in [5, 5.41) is 0. The third-order valence-electron chi connectivity index (χ3n) is 6.13. The summed E-state index contributed by atoms with van der Waals surface area (Å²) in [5.74, 6) is -0.725. The van der Waals surface area contributed by atoms with Crippen LogP contribution in [0.5, 0.6) is 11.5 Å². The lowest BCUT2D eigenvalue weighted by atomic mass is 9.99. The molecule has 1 unspecified atom stereocenters. The van der Waals surface area contributed by atoms with Gasteiger partial charge in [-0.25, -0.2) is 9.59 Å². The van der Waals surface area contributed by atoms with E-state index in [-0.39, 0.29) is 55.5 Å². The van der Waals surface area contributed by atoms with Crippen molar-refractivity contribution in [2.24, 2.45) is 29.4 Å². The van der Waals surface area contributed by atoms with Crippen LogP contribution in [0.25, 0.3) is 0 Å². The molecular formula is C30H47NO10. The molecule has 0 spiro atoms. The molecule has 0 saturated carbocycles. The number of ether oxygens (including phenoxy) is 6. The van der Waals surface area contributed by atoms with E-state index < -0.39 is 30.4 Å². The quantitative estimate of drug-likeness (QED) is 0.151. The van der Waals surface area contributed by atoms with Crippen molar-refractivity contribution < 1.29 is 47.6 Å². The van der Waals surface area contributed by atoms with Crippen molar-refractivity contribution in [3.8, 4) is 11.5 Å². The maximum Gasteiger partial charge on any atom is 0.513 e. The van der Waals surface area contributed by atoms with Crippen molar-refractivity contribution in [3.05, 3.63) is 23.8 Å². The number of carbonyl (C=O) groups is 4. The molecule has 41 heavy (non-hydrogen) atoms. The van der Waals surface area contributed by atoms with Crippen LogP contribution in [0.2, 0.25) is 0 Å². The Hall–Kier alpha value is -3.34. The molecule has 0 saturated heterocycles. The molecule has 232 valence electrons. The number of hydrogen-bond acceptors (Lipinski definition) is 11. The molecule has 0 radical (unpaired) electrons. The number of hydrogen-bond donors (Lipinski definition) is 1. The van der Waals surface area contributed by atoms with Crippen molar-refractivity contribution in [2.45, 2.75) is 86.8 Å². The molecule has 11 heteroatoms. The Bertz CT molecular complexity index is 991. The first-order valence-corrected chi connectivity index (χ1v) is 14.1. The Morgan fingerprint density at radius 1 is 0.732 bits per heavy atom. The van der Waals surface area contributed by atoms with Crippen LogP contribution in [0.1, 0.15) is 73.8 Å². The fourth-order valence-electron chi connectivity index (χ4n) is 3.10. The Balaban J connectivity index is 2.87. The van der Waals surface area contributed by atoms with Gasteiger partial charge in [0.2, 0.25) is 0 Å². The van der Waals surface area contributed by atoms with Gasteiger partial charge in [0.15, 0.2) is 11.5 Å². The monoisotopic (exact) mass is 581 g/mol. The lowest BCUT2D eigenvalue weighted by Gasteiger charge is -2.19. The number of carbonyl (C=O) groups excluding carboxylic acids is 4.